The van der Waals surface area contributed by atoms with E-state index in [9.17, 15) is 23.1 Å². The Labute approximate surface area is 137 Å². The van der Waals surface area contributed by atoms with Crippen molar-refractivity contribution in [3.63, 3.8) is 0 Å². The van der Waals surface area contributed by atoms with Crippen LogP contribution in [0.5, 0.6) is 0 Å². The standard InChI is InChI=1S/C9H17NO4.C2H7NO3S.ClH/c1-7(11)14-8(5-9(12)13)6-10(2,3)4;3-1-2-7(4,5)6;/h8H,5-6H2,1-4H3;1-3H2,(H,4,5,6);1H. The molecule has 0 aliphatic rings. The highest BCUT2D eigenvalue weighted by molar-refractivity contribution is 7.85. The number of hydrogen-bond donors (Lipinski definition) is 2. The summed E-state index contributed by atoms with van der Waals surface area (Å²) in [4.78, 5) is 21.0. The third-order valence-electron chi connectivity index (χ3n) is 1.85. The first-order chi connectivity index (χ1) is 9.26. The second-order valence-corrected chi connectivity index (χ2v) is 6.93. The van der Waals surface area contributed by atoms with Crippen LogP contribution in [0, 0.1) is 0 Å². The van der Waals surface area contributed by atoms with E-state index in [1.165, 1.54) is 6.92 Å². The molecule has 0 rings (SSSR count). The first-order valence-corrected chi connectivity index (χ1v) is 7.70. The van der Waals surface area contributed by atoms with Crippen molar-refractivity contribution < 1.29 is 36.9 Å². The Morgan fingerprint density at radius 1 is 1.32 bits per heavy atom. The maximum Gasteiger partial charge on any atom is 0.303 e. The van der Waals surface area contributed by atoms with Gasteiger partial charge in [-0.2, -0.15) is 8.42 Å². The van der Waals surface area contributed by atoms with Crippen molar-refractivity contribution in [2.24, 2.45) is 5.73 Å². The van der Waals surface area contributed by atoms with Gasteiger partial charge in [-0.1, -0.05) is 0 Å². The Kier molecular flexibility index (Phi) is 13.7. The monoisotopic (exact) mass is 364 g/mol. The van der Waals surface area contributed by atoms with Gasteiger partial charge in [0.2, 0.25) is 0 Å². The average Bonchev–Trinajstić information content (AvgIpc) is 2.10. The summed E-state index contributed by atoms with van der Waals surface area (Å²) >= 11 is 0. The second-order valence-electron chi connectivity index (χ2n) is 5.36. The molecule has 0 heterocycles. The number of aliphatic carboxylic acids is 1. The predicted molar refractivity (Wildman–Crippen MR) is 80.8 cm³/mol. The molecular formula is C11H25ClN2O7S. The summed E-state index contributed by atoms with van der Waals surface area (Å²) in [5.74, 6) is -2.03. The zero-order valence-corrected chi connectivity index (χ0v) is 14.8. The fraction of sp³-hybridized carbons (Fsp3) is 0.818. The third-order valence-corrected chi connectivity index (χ3v) is 2.61. The van der Waals surface area contributed by atoms with Gasteiger partial charge in [0, 0.05) is 25.9 Å². The van der Waals surface area contributed by atoms with Gasteiger partial charge < -0.3 is 24.9 Å². The molecule has 0 spiro atoms. The van der Waals surface area contributed by atoms with Crippen LogP contribution < -0.4 is 10.8 Å². The lowest BCUT2D eigenvalue weighted by molar-refractivity contribution is -0.873. The second kappa shape index (κ2) is 11.6. The van der Waals surface area contributed by atoms with Gasteiger partial charge in [-0.25, -0.2) is 0 Å². The van der Waals surface area contributed by atoms with Crippen LogP contribution in [0.4, 0.5) is 0 Å². The molecule has 0 saturated heterocycles. The molecule has 9 nitrogen and oxygen atoms in total. The van der Waals surface area contributed by atoms with E-state index in [-0.39, 0.29) is 31.1 Å². The van der Waals surface area contributed by atoms with Gasteiger partial charge in [0.05, 0.1) is 26.9 Å². The lowest BCUT2D eigenvalue weighted by Crippen LogP contribution is -2.45. The minimum Gasteiger partial charge on any atom is -0.550 e. The molecule has 1 atom stereocenters. The number of carbonyl (C=O) groups is 2. The number of rotatable bonds is 7. The van der Waals surface area contributed by atoms with Crippen LogP contribution >= 0.6 is 12.4 Å². The normalized spacial score (nSPS) is 12.3. The number of carbonyl (C=O) groups excluding carboxylic acids is 2. The zero-order chi connectivity index (χ0) is 17.3. The molecular weight excluding hydrogens is 340 g/mol. The minimum atomic E-state index is -3.80. The van der Waals surface area contributed by atoms with Crippen molar-refractivity contribution in [3.05, 3.63) is 0 Å². The van der Waals surface area contributed by atoms with E-state index in [2.05, 4.69) is 0 Å². The van der Waals surface area contributed by atoms with Crippen LogP contribution in [-0.4, -0.2) is 75.5 Å². The van der Waals surface area contributed by atoms with Crippen LogP contribution in [0.2, 0.25) is 0 Å². The molecule has 0 aromatic rings. The van der Waals surface area contributed by atoms with Crippen LogP contribution in [0.15, 0.2) is 0 Å². The highest BCUT2D eigenvalue weighted by Crippen LogP contribution is 2.04. The van der Waals surface area contributed by atoms with Crippen molar-refractivity contribution >= 4 is 34.5 Å². The van der Waals surface area contributed by atoms with E-state index in [1.54, 1.807) is 0 Å². The molecule has 0 aliphatic carbocycles. The largest absolute Gasteiger partial charge is 0.550 e. The van der Waals surface area contributed by atoms with Gasteiger partial charge in [-0.05, 0) is 0 Å². The molecule has 0 aromatic carbocycles. The summed E-state index contributed by atoms with van der Waals surface area (Å²) in [6.45, 7) is 1.68. The minimum absolute atomic E-state index is 0. The van der Waals surface area contributed by atoms with E-state index < -0.39 is 28.2 Å². The number of hydrogen-bond acceptors (Lipinski definition) is 7. The summed E-state index contributed by atoms with van der Waals surface area (Å²) in [7, 11) is 1.88. The van der Waals surface area contributed by atoms with Gasteiger partial charge in [-0.3, -0.25) is 9.35 Å². The van der Waals surface area contributed by atoms with Crippen LogP contribution in [0.3, 0.4) is 0 Å². The highest BCUT2D eigenvalue weighted by Gasteiger charge is 2.20. The maximum atomic E-state index is 10.7. The number of halogens is 1. The number of esters is 1. The molecule has 0 radical (unpaired) electrons. The Hall–Kier alpha value is -0.940. The summed E-state index contributed by atoms with van der Waals surface area (Å²) in [5.41, 5.74) is 4.78. The SMILES string of the molecule is CC(=O)OC(CC(=O)[O-])C[N+](C)(C)C.Cl.NCCS(=O)(=O)O. The lowest BCUT2D eigenvalue weighted by Gasteiger charge is -2.28. The Bertz CT molecular complexity index is 418. The first-order valence-electron chi connectivity index (χ1n) is 6.09. The van der Waals surface area contributed by atoms with Gasteiger partial charge in [0.15, 0.2) is 6.10 Å². The Morgan fingerprint density at radius 3 is 1.95 bits per heavy atom. The number of carboxylic acids is 1. The van der Waals surface area contributed by atoms with Gasteiger partial charge >= 0.3 is 5.97 Å². The first kappa shape index (κ1) is 26.0. The smallest absolute Gasteiger partial charge is 0.303 e. The highest BCUT2D eigenvalue weighted by atomic mass is 35.5. The van der Waals surface area contributed by atoms with E-state index in [0.717, 1.165) is 0 Å². The fourth-order valence-corrected chi connectivity index (χ4v) is 1.62. The summed E-state index contributed by atoms with van der Waals surface area (Å²) in [5, 5.41) is 10.4. The zero-order valence-electron chi connectivity index (χ0n) is 13.1. The van der Waals surface area contributed by atoms with Crippen LogP contribution in [-0.2, 0) is 24.4 Å². The lowest BCUT2D eigenvalue weighted by atomic mass is 10.2. The van der Waals surface area contributed by atoms with Crippen molar-refractivity contribution in [1.82, 2.24) is 0 Å². The fourth-order valence-electron chi connectivity index (χ4n) is 1.32. The van der Waals surface area contributed by atoms with Crippen LogP contribution in [0.25, 0.3) is 0 Å². The molecule has 0 saturated carbocycles. The number of likely N-dealkylation sites (N-methyl/N-ethyl adjacent to an activating group) is 1. The summed E-state index contributed by atoms with van der Waals surface area (Å²) < 4.78 is 32.7. The van der Waals surface area contributed by atoms with E-state index in [1.807, 2.05) is 21.1 Å². The Morgan fingerprint density at radius 2 is 1.77 bits per heavy atom. The van der Waals surface area contributed by atoms with Crippen LogP contribution in [0.1, 0.15) is 13.3 Å². The molecule has 0 fully saturated rings. The van der Waals surface area contributed by atoms with Crippen molar-refractivity contribution in [1.29, 1.82) is 0 Å². The Balaban J connectivity index is -0.000000385. The van der Waals surface area contributed by atoms with Gasteiger partial charge in [-0.15, -0.1) is 12.4 Å². The maximum absolute atomic E-state index is 10.7. The van der Waals surface area contributed by atoms with Crippen molar-refractivity contribution in [2.45, 2.75) is 19.4 Å². The number of carboxylic acid groups (broad SMARTS) is 1. The number of nitrogens with two attached hydrogens (primary N) is 1. The molecule has 11 heteroatoms. The number of nitrogens with zero attached hydrogens (tertiary/aromatic N) is 1. The van der Waals surface area contributed by atoms with Gasteiger partial charge in [0.25, 0.3) is 10.1 Å². The molecule has 0 aliphatic heterocycles. The molecule has 134 valence electrons. The molecule has 0 bridgehead atoms. The van der Waals surface area contributed by atoms with Gasteiger partial charge in [0.1, 0.15) is 6.54 Å². The molecule has 1 unspecified atom stereocenters. The summed E-state index contributed by atoms with van der Waals surface area (Å²) in [6, 6.07) is 0. The predicted octanol–water partition coefficient (Wildman–Crippen LogP) is -1.98. The number of ether oxygens (including phenoxy) is 1. The topological polar surface area (TPSA) is 147 Å². The van der Waals surface area contributed by atoms with E-state index in [4.69, 9.17) is 15.0 Å². The average molecular weight is 365 g/mol. The van der Waals surface area contributed by atoms with E-state index in [0.29, 0.717) is 11.0 Å². The van der Waals surface area contributed by atoms with Crippen molar-refractivity contribution in [3.8, 4) is 0 Å². The molecule has 0 aromatic heterocycles. The summed E-state index contributed by atoms with van der Waals surface area (Å²) in [6.07, 6.45) is -0.868. The number of quaternary nitrogens is 1. The molecule has 22 heavy (non-hydrogen) atoms. The van der Waals surface area contributed by atoms with E-state index >= 15 is 0 Å². The quantitative estimate of drug-likeness (QED) is 0.300. The molecule has 3 N–H and O–H groups in total. The molecule has 0 amide bonds. The third kappa shape index (κ3) is 24.1. The van der Waals surface area contributed by atoms with Crippen molar-refractivity contribution in [2.75, 3.05) is 40.0 Å².